The van der Waals surface area contributed by atoms with E-state index >= 15 is 0 Å². The van der Waals surface area contributed by atoms with Gasteiger partial charge in [0.25, 0.3) is 0 Å². The van der Waals surface area contributed by atoms with Gasteiger partial charge in [-0.1, -0.05) is 25.7 Å². The molecule has 0 aromatic rings. The van der Waals surface area contributed by atoms with Crippen molar-refractivity contribution in [2.75, 3.05) is 32.4 Å². The van der Waals surface area contributed by atoms with Gasteiger partial charge in [-0.2, -0.15) is 0 Å². The van der Waals surface area contributed by atoms with E-state index in [4.69, 9.17) is 4.99 Å². The SMILES string of the molecule is CCNC(=NCC(C)(C)S(C)(=O)=O)N1CCCC2(CCCCCC2)C1.I. The van der Waals surface area contributed by atoms with Crippen LogP contribution in [0.15, 0.2) is 4.99 Å². The second kappa shape index (κ2) is 9.94. The van der Waals surface area contributed by atoms with Gasteiger partial charge in [-0.05, 0) is 51.9 Å². The third-order valence-electron chi connectivity index (χ3n) is 6.07. The zero-order chi connectivity index (χ0) is 18.6. The van der Waals surface area contributed by atoms with E-state index in [0.29, 0.717) is 12.0 Å². The maximum atomic E-state index is 12.0. The summed E-state index contributed by atoms with van der Waals surface area (Å²) < 4.78 is 23.1. The largest absolute Gasteiger partial charge is 0.357 e. The molecule has 1 saturated carbocycles. The highest BCUT2D eigenvalue weighted by Crippen LogP contribution is 2.42. The minimum Gasteiger partial charge on any atom is -0.357 e. The number of guanidine groups is 1. The molecule has 7 heteroatoms. The fourth-order valence-electron chi connectivity index (χ4n) is 4.08. The summed E-state index contributed by atoms with van der Waals surface area (Å²) in [4.78, 5) is 7.11. The molecule has 1 saturated heterocycles. The molecule has 0 atom stereocenters. The van der Waals surface area contributed by atoms with Crippen molar-refractivity contribution in [2.45, 2.75) is 76.9 Å². The van der Waals surface area contributed by atoms with E-state index < -0.39 is 14.6 Å². The van der Waals surface area contributed by atoms with Crippen molar-refractivity contribution in [3.63, 3.8) is 0 Å². The molecule has 0 bridgehead atoms. The molecule has 2 aliphatic rings. The molecule has 2 fully saturated rings. The van der Waals surface area contributed by atoms with Crippen LogP contribution in [0.4, 0.5) is 0 Å². The standard InChI is InChI=1S/C19H37N3O2S.HI/c1-5-20-17(21-15-18(2,3)25(4,23)24)22-14-10-13-19(16-22)11-8-6-7-9-12-19;/h5-16H2,1-4H3,(H,20,21);1H. The number of hydrogen-bond donors (Lipinski definition) is 1. The minimum atomic E-state index is -3.13. The van der Waals surface area contributed by atoms with Gasteiger partial charge < -0.3 is 10.2 Å². The summed E-state index contributed by atoms with van der Waals surface area (Å²) in [6.45, 7) is 8.80. The Morgan fingerprint density at radius 3 is 2.23 bits per heavy atom. The van der Waals surface area contributed by atoms with Gasteiger partial charge in [-0.25, -0.2) is 8.42 Å². The average molecular weight is 500 g/mol. The Hall–Kier alpha value is -0.0500. The summed E-state index contributed by atoms with van der Waals surface area (Å²) in [5.41, 5.74) is 0.442. The summed E-state index contributed by atoms with van der Waals surface area (Å²) in [6.07, 6.45) is 12.0. The second-order valence-electron chi connectivity index (χ2n) is 8.64. The van der Waals surface area contributed by atoms with Crippen LogP contribution in [0.25, 0.3) is 0 Å². The first-order chi connectivity index (χ1) is 11.7. The molecule has 2 rings (SSSR count). The quantitative estimate of drug-likeness (QED) is 0.363. The Bertz CT molecular complexity index is 567. The first kappa shape index (κ1) is 24.0. The zero-order valence-electron chi connectivity index (χ0n) is 17.0. The third kappa shape index (κ3) is 6.24. The summed E-state index contributed by atoms with van der Waals surface area (Å²) in [5.74, 6) is 0.891. The summed E-state index contributed by atoms with van der Waals surface area (Å²) >= 11 is 0. The molecule has 1 heterocycles. The fraction of sp³-hybridized carbons (Fsp3) is 0.947. The predicted molar refractivity (Wildman–Crippen MR) is 121 cm³/mol. The Morgan fingerprint density at radius 2 is 1.69 bits per heavy atom. The molecule has 1 spiro atoms. The molecular weight excluding hydrogens is 461 g/mol. The van der Waals surface area contributed by atoms with Gasteiger partial charge in [0, 0.05) is 25.9 Å². The number of piperidine rings is 1. The minimum absolute atomic E-state index is 0. The fourth-order valence-corrected chi connectivity index (χ4v) is 4.38. The topological polar surface area (TPSA) is 61.8 Å². The van der Waals surface area contributed by atoms with E-state index in [1.165, 1.54) is 57.6 Å². The highest BCUT2D eigenvalue weighted by atomic mass is 127. The van der Waals surface area contributed by atoms with Gasteiger partial charge >= 0.3 is 0 Å². The van der Waals surface area contributed by atoms with Gasteiger partial charge in [0.15, 0.2) is 15.8 Å². The van der Waals surface area contributed by atoms with Crippen LogP contribution in [0, 0.1) is 5.41 Å². The summed E-state index contributed by atoms with van der Waals surface area (Å²) in [7, 11) is -3.13. The van der Waals surface area contributed by atoms with Crippen molar-refractivity contribution in [2.24, 2.45) is 10.4 Å². The molecule has 1 aliphatic heterocycles. The highest BCUT2D eigenvalue weighted by Gasteiger charge is 2.37. The van der Waals surface area contributed by atoms with Gasteiger partial charge in [0.05, 0.1) is 11.3 Å². The highest BCUT2D eigenvalue weighted by molar-refractivity contribution is 14.0. The molecule has 0 aromatic heterocycles. The number of sulfone groups is 1. The third-order valence-corrected chi connectivity index (χ3v) is 8.21. The number of nitrogens with zero attached hydrogens (tertiary/aromatic N) is 2. The van der Waals surface area contributed by atoms with Gasteiger partial charge in [0.2, 0.25) is 0 Å². The predicted octanol–water partition coefficient (Wildman–Crippen LogP) is 3.83. The van der Waals surface area contributed by atoms with Crippen molar-refractivity contribution in [3.8, 4) is 0 Å². The maximum absolute atomic E-state index is 12.0. The molecule has 0 radical (unpaired) electrons. The van der Waals surface area contributed by atoms with E-state index in [1.54, 1.807) is 13.8 Å². The number of hydrogen-bond acceptors (Lipinski definition) is 3. The smallest absolute Gasteiger partial charge is 0.193 e. The number of aliphatic imine (C=N–C) groups is 1. The summed E-state index contributed by atoms with van der Waals surface area (Å²) in [5, 5.41) is 3.40. The van der Waals surface area contributed by atoms with Crippen LogP contribution in [0.5, 0.6) is 0 Å². The van der Waals surface area contributed by atoms with Gasteiger partial charge in [0.1, 0.15) is 0 Å². The number of likely N-dealkylation sites (tertiary alicyclic amines) is 1. The van der Waals surface area contributed by atoms with Crippen molar-refractivity contribution >= 4 is 39.8 Å². The lowest BCUT2D eigenvalue weighted by molar-refractivity contribution is 0.115. The molecule has 26 heavy (non-hydrogen) atoms. The van der Waals surface area contributed by atoms with E-state index in [0.717, 1.165) is 25.6 Å². The van der Waals surface area contributed by atoms with Crippen LogP contribution in [0.3, 0.4) is 0 Å². The van der Waals surface area contributed by atoms with Gasteiger partial charge in [-0.15, -0.1) is 24.0 Å². The molecule has 1 aliphatic carbocycles. The molecule has 0 unspecified atom stereocenters. The Balaban J connectivity index is 0.00000338. The Kier molecular flexibility index (Phi) is 9.17. The molecular formula is C19H38IN3O2S. The molecule has 1 N–H and O–H groups in total. The van der Waals surface area contributed by atoms with Crippen LogP contribution in [0.1, 0.15) is 72.1 Å². The molecule has 154 valence electrons. The maximum Gasteiger partial charge on any atom is 0.193 e. The van der Waals surface area contributed by atoms with Crippen molar-refractivity contribution in [1.82, 2.24) is 10.2 Å². The number of halogens is 1. The second-order valence-corrected chi connectivity index (χ2v) is 11.3. The number of nitrogens with one attached hydrogen (secondary N) is 1. The zero-order valence-corrected chi connectivity index (χ0v) is 20.2. The van der Waals surface area contributed by atoms with Crippen molar-refractivity contribution in [3.05, 3.63) is 0 Å². The van der Waals surface area contributed by atoms with E-state index in [-0.39, 0.29) is 24.0 Å². The first-order valence-corrected chi connectivity index (χ1v) is 11.8. The van der Waals surface area contributed by atoms with Crippen molar-refractivity contribution in [1.29, 1.82) is 0 Å². The summed E-state index contributed by atoms with van der Waals surface area (Å²) in [6, 6.07) is 0. The molecule has 0 amide bonds. The average Bonchev–Trinajstić information content (AvgIpc) is 2.76. The normalized spacial score (nSPS) is 21.8. The Labute approximate surface area is 177 Å². The first-order valence-electron chi connectivity index (χ1n) is 9.92. The van der Waals surface area contributed by atoms with E-state index in [1.807, 2.05) is 0 Å². The van der Waals surface area contributed by atoms with E-state index in [2.05, 4.69) is 17.1 Å². The van der Waals surface area contributed by atoms with Crippen LogP contribution in [-0.4, -0.2) is 56.5 Å². The molecule has 0 aromatic carbocycles. The lowest BCUT2D eigenvalue weighted by Crippen LogP contribution is -2.51. The number of rotatable bonds is 4. The van der Waals surface area contributed by atoms with Crippen LogP contribution in [0.2, 0.25) is 0 Å². The van der Waals surface area contributed by atoms with Crippen LogP contribution >= 0.6 is 24.0 Å². The monoisotopic (exact) mass is 499 g/mol. The van der Waals surface area contributed by atoms with Crippen molar-refractivity contribution < 1.29 is 8.42 Å². The van der Waals surface area contributed by atoms with Crippen LogP contribution < -0.4 is 5.32 Å². The van der Waals surface area contributed by atoms with Crippen LogP contribution in [-0.2, 0) is 9.84 Å². The lowest BCUT2D eigenvalue weighted by Gasteiger charge is -2.44. The van der Waals surface area contributed by atoms with Gasteiger partial charge in [-0.3, -0.25) is 4.99 Å². The Morgan fingerprint density at radius 1 is 1.12 bits per heavy atom. The lowest BCUT2D eigenvalue weighted by atomic mass is 9.74. The van der Waals surface area contributed by atoms with E-state index in [9.17, 15) is 8.42 Å². The molecule has 5 nitrogen and oxygen atoms in total.